The smallest absolute Gasteiger partial charge is 0.194 e. The summed E-state index contributed by atoms with van der Waals surface area (Å²) in [6, 6.07) is 2.34. The number of rotatable bonds is 1. The molecule has 1 nitrogen and oxygen atoms in total. The monoisotopic (exact) mass is 229 g/mol. The number of hydrogen-bond acceptors (Lipinski definition) is 1. The van der Waals surface area contributed by atoms with E-state index in [1.807, 2.05) is 0 Å². The third-order valence-corrected chi connectivity index (χ3v) is 3.08. The molecule has 1 aliphatic heterocycles. The normalized spacial score (nSPS) is 25.8. The Bertz CT molecular complexity index is 392. The summed E-state index contributed by atoms with van der Waals surface area (Å²) in [5.74, 6) is -3.18. The molecule has 1 heterocycles. The van der Waals surface area contributed by atoms with Gasteiger partial charge in [-0.3, -0.25) is 0 Å². The van der Waals surface area contributed by atoms with E-state index in [9.17, 15) is 13.2 Å². The predicted octanol–water partition coefficient (Wildman–Crippen LogP) is 2.82. The highest BCUT2D eigenvalue weighted by atomic mass is 19.2. The van der Waals surface area contributed by atoms with Crippen molar-refractivity contribution in [2.75, 3.05) is 13.1 Å². The molecule has 1 fully saturated rings. The average molecular weight is 229 g/mol. The van der Waals surface area contributed by atoms with Crippen molar-refractivity contribution in [2.45, 2.75) is 19.3 Å². The van der Waals surface area contributed by atoms with E-state index in [0.717, 1.165) is 19.0 Å². The van der Waals surface area contributed by atoms with E-state index in [1.54, 1.807) is 0 Å². The molecule has 1 saturated heterocycles. The van der Waals surface area contributed by atoms with Gasteiger partial charge in [0, 0.05) is 6.54 Å². The van der Waals surface area contributed by atoms with E-state index in [-0.39, 0.29) is 11.5 Å². The first-order chi connectivity index (χ1) is 7.59. The van der Waals surface area contributed by atoms with E-state index < -0.39 is 17.5 Å². The Morgan fingerprint density at radius 1 is 1.12 bits per heavy atom. The number of halogens is 3. The predicted molar refractivity (Wildman–Crippen MR) is 55.7 cm³/mol. The fraction of sp³-hybridized carbons (Fsp3) is 0.500. The second-order valence-electron chi connectivity index (χ2n) is 4.46. The largest absolute Gasteiger partial charge is 0.316 e. The van der Waals surface area contributed by atoms with Crippen LogP contribution in [0.5, 0.6) is 0 Å². The lowest BCUT2D eigenvalue weighted by atomic mass is 9.86. The van der Waals surface area contributed by atoms with Gasteiger partial charge in [-0.2, -0.15) is 0 Å². The Labute approximate surface area is 92.7 Å². The summed E-state index contributed by atoms with van der Waals surface area (Å²) < 4.78 is 39.4. The van der Waals surface area contributed by atoms with Crippen molar-refractivity contribution in [1.29, 1.82) is 0 Å². The second kappa shape index (κ2) is 4.45. The van der Waals surface area contributed by atoms with E-state index in [0.29, 0.717) is 12.5 Å². The van der Waals surface area contributed by atoms with Crippen LogP contribution in [0.3, 0.4) is 0 Å². The molecule has 1 aromatic carbocycles. The summed E-state index contributed by atoms with van der Waals surface area (Å²) in [5, 5.41) is 3.16. The number of hydrogen-bond donors (Lipinski definition) is 1. The standard InChI is InChI=1S/C12H14F3N/c1-7-4-8(6-16-5-7)9-2-3-10(13)12(15)11(9)14/h2-3,7-8,16H,4-6H2,1H3. The van der Waals surface area contributed by atoms with Crippen LogP contribution < -0.4 is 5.32 Å². The van der Waals surface area contributed by atoms with E-state index in [2.05, 4.69) is 12.2 Å². The van der Waals surface area contributed by atoms with Gasteiger partial charge in [-0.15, -0.1) is 0 Å². The molecule has 0 saturated carbocycles. The minimum atomic E-state index is -1.37. The summed E-state index contributed by atoms with van der Waals surface area (Å²) in [5.41, 5.74) is 0.276. The quantitative estimate of drug-likeness (QED) is 0.730. The highest BCUT2D eigenvalue weighted by Crippen LogP contribution is 2.29. The van der Waals surface area contributed by atoms with Gasteiger partial charge in [0.25, 0.3) is 0 Å². The van der Waals surface area contributed by atoms with Crippen LogP contribution in [0, 0.1) is 23.4 Å². The van der Waals surface area contributed by atoms with Crippen LogP contribution in [0.15, 0.2) is 12.1 Å². The Balaban J connectivity index is 2.29. The zero-order valence-corrected chi connectivity index (χ0v) is 9.06. The molecule has 1 aromatic rings. The Morgan fingerprint density at radius 2 is 1.88 bits per heavy atom. The highest BCUT2D eigenvalue weighted by molar-refractivity contribution is 5.25. The molecule has 1 aliphatic rings. The number of benzene rings is 1. The third kappa shape index (κ3) is 2.07. The molecule has 0 aromatic heterocycles. The minimum absolute atomic E-state index is 0.0705. The molecule has 2 rings (SSSR count). The first-order valence-electron chi connectivity index (χ1n) is 5.43. The molecule has 0 radical (unpaired) electrons. The average Bonchev–Trinajstić information content (AvgIpc) is 2.26. The van der Waals surface area contributed by atoms with Crippen LogP contribution in [0.1, 0.15) is 24.8 Å². The molecule has 2 atom stereocenters. The van der Waals surface area contributed by atoms with Crippen LogP contribution in [-0.4, -0.2) is 13.1 Å². The van der Waals surface area contributed by atoms with Crippen LogP contribution in [0.4, 0.5) is 13.2 Å². The maximum Gasteiger partial charge on any atom is 0.194 e. The molecule has 0 bridgehead atoms. The summed E-state index contributed by atoms with van der Waals surface area (Å²) in [7, 11) is 0. The molecule has 0 spiro atoms. The molecule has 0 amide bonds. The fourth-order valence-corrected chi connectivity index (χ4v) is 2.25. The Hall–Kier alpha value is -1.03. The van der Waals surface area contributed by atoms with Crippen molar-refractivity contribution in [1.82, 2.24) is 5.32 Å². The first-order valence-corrected chi connectivity index (χ1v) is 5.43. The van der Waals surface area contributed by atoms with Gasteiger partial charge in [0.15, 0.2) is 17.5 Å². The summed E-state index contributed by atoms with van der Waals surface area (Å²) in [6.45, 7) is 3.56. The zero-order valence-electron chi connectivity index (χ0n) is 9.06. The lowest BCUT2D eigenvalue weighted by molar-refractivity contribution is 0.350. The molecule has 88 valence electrons. The molecule has 2 unspecified atom stereocenters. The Kier molecular flexibility index (Phi) is 3.19. The summed E-state index contributed by atoms with van der Waals surface area (Å²) in [4.78, 5) is 0. The topological polar surface area (TPSA) is 12.0 Å². The van der Waals surface area contributed by atoms with Crippen molar-refractivity contribution >= 4 is 0 Å². The lowest BCUT2D eigenvalue weighted by Crippen LogP contribution is -2.34. The van der Waals surface area contributed by atoms with Gasteiger partial charge in [0.1, 0.15) is 0 Å². The van der Waals surface area contributed by atoms with Crippen LogP contribution >= 0.6 is 0 Å². The molecule has 1 N–H and O–H groups in total. The Morgan fingerprint density at radius 3 is 2.56 bits per heavy atom. The number of piperidine rings is 1. The number of nitrogens with one attached hydrogen (secondary N) is 1. The lowest BCUT2D eigenvalue weighted by Gasteiger charge is -2.28. The summed E-state index contributed by atoms with van der Waals surface area (Å²) in [6.07, 6.45) is 0.801. The third-order valence-electron chi connectivity index (χ3n) is 3.08. The van der Waals surface area contributed by atoms with Gasteiger partial charge in [0.2, 0.25) is 0 Å². The molecule has 16 heavy (non-hydrogen) atoms. The van der Waals surface area contributed by atoms with E-state index >= 15 is 0 Å². The van der Waals surface area contributed by atoms with Crippen LogP contribution in [0.25, 0.3) is 0 Å². The van der Waals surface area contributed by atoms with Crippen molar-refractivity contribution < 1.29 is 13.2 Å². The van der Waals surface area contributed by atoms with E-state index in [4.69, 9.17) is 0 Å². The van der Waals surface area contributed by atoms with Crippen LogP contribution in [-0.2, 0) is 0 Å². The van der Waals surface area contributed by atoms with Gasteiger partial charge < -0.3 is 5.32 Å². The zero-order chi connectivity index (χ0) is 11.7. The van der Waals surface area contributed by atoms with Gasteiger partial charge >= 0.3 is 0 Å². The fourth-order valence-electron chi connectivity index (χ4n) is 2.25. The van der Waals surface area contributed by atoms with Gasteiger partial charge in [0.05, 0.1) is 0 Å². The van der Waals surface area contributed by atoms with E-state index in [1.165, 1.54) is 6.07 Å². The second-order valence-corrected chi connectivity index (χ2v) is 4.46. The maximum absolute atomic E-state index is 13.5. The van der Waals surface area contributed by atoms with Crippen molar-refractivity contribution in [3.05, 3.63) is 35.1 Å². The molecular weight excluding hydrogens is 215 g/mol. The summed E-state index contributed by atoms with van der Waals surface area (Å²) >= 11 is 0. The molecule has 0 aliphatic carbocycles. The van der Waals surface area contributed by atoms with Crippen molar-refractivity contribution in [3.8, 4) is 0 Å². The van der Waals surface area contributed by atoms with Crippen molar-refractivity contribution in [3.63, 3.8) is 0 Å². The highest BCUT2D eigenvalue weighted by Gasteiger charge is 2.25. The maximum atomic E-state index is 13.5. The molecule has 4 heteroatoms. The first kappa shape index (κ1) is 11.5. The van der Waals surface area contributed by atoms with Gasteiger partial charge in [-0.1, -0.05) is 13.0 Å². The minimum Gasteiger partial charge on any atom is -0.316 e. The van der Waals surface area contributed by atoms with Gasteiger partial charge in [-0.05, 0) is 36.4 Å². The SMILES string of the molecule is CC1CNCC(c2ccc(F)c(F)c2F)C1. The molecular formula is C12H14F3N. The van der Waals surface area contributed by atoms with Crippen LogP contribution in [0.2, 0.25) is 0 Å². The van der Waals surface area contributed by atoms with Crippen molar-refractivity contribution in [2.24, 2.45) is 5.92 Å². The van der Waals surface area contributed by atoms with Gasteiger partial charge in [-0.25, -0.2) is 13.2 Å².